The molecule has 1 aromatic carbocycles. The van der Waals surface area contributed by atoms with Crippen LogP contribution < -0.4 is 16.0 Å². The maximum absolute atomic E-state index is 12.5. The molecule has 1 aromatic rings. The molecule has 0 bridgehead atoms. The zero-order chi connectivity index (χ0) is 17.2. The Bertz CT molecular complexity index is 676. The number of hydrogen-bond acceptors (Lipinski definition) is 4. The van der Waals surface area contributed by atoms with E-state index in [0.717, 1.165) is 4.90 Å². The molecule has 0 radical (unpaired) electrons. The smallest absolute Gasteiger partial charge is 0.325 e. The van der Waals surface area contributed by atoms with Crippen LogP contribution in [0.4, 0.5) is 9.59 Å². The largest absolute Gasteiger partial charge is 0.341 e. The Morgan fingerprint density at radius 2 is 1.87 bits per heavy atom. The van der Waals surface area contributed by atoms with Crippen molar-refractivity contribution in [2.75, 3.05) is 13.6 Å². The molecule has 0 saturated carbocycles. The number of nitrogens with zero attached hydrogens (tertiary/aromatic N) is 1. The van der Waals surface area contributed by atoms with Crippen molar-refractivity contribution in [1.29, 1.82) is 0 Å². The van der Waals surface area contributed by atoms with Gasteiger partial charge in [-0.1, -0.05) is 23.7 Å². The number of halogens is 1. The van der Waals surface area contributed by atoms with E-state index in [1.54, 1.807) is 24.3 Å². The summed E-state index contributed by atoms with van der Waals surface area (Å²) in [5.74, 6) is -1.36. The van der Waals surface area contributed by atoms with Gasteiger partial charge in [-0.15, -0.1) is 0 Å². The first-order chi connectivity index (χ1) is 10.8. The maximum atomic E-state index is 12.5. The number of imide groups is 2. The van der Waals surface area contributed by atoms with Gasteiger partial charge >= 0.3 is 12.1 Å². The van der Waals surface area contributed by atoms with E-state index in [0.29, 0.717) is 10.6 Å². The van der Waals surface area contributed by atoms with E-state index in [-0.39, 0.29) is 0 Å². The standard InChI is InChI=1S/C14H15ClN4O4/c1-14(8-3-5-9(15)6-4-8)11(21)19(13(23)18-14)7-10(20)17-12(22)16-2/h3-6H,7H2,1-2H3,(H,18,23)(H2,16,17,20,22)/t14-/m1/s1. The number of nitrogens with one attached hydrogen (secondary N) is 3. The molecular weight excluding hydrogens is 324 g/mol. The monoisotopic (exact) mass is 338 g/mol. The van der Waals surface area contributed by atoms with Crippen molar-refractivity contribution in [2.24, 2.45) is 0 Å². The summed E-state index contributed by atoms with van der Waals surface area (Å²) in [4.78, 5) is 48.1. The molecule has 1 saturated heterocycles. The Morgan fingerprint density at radius 3 is 2.43 bits per heavy atom. The molecule has 1 aliphatic heterocycles. The quantitative estimate of drug-likeness (QED) is 0.700. The first-order valence-electron chi connectivity index (χ1n) is 6.69. The van der Waals surface area contributed by atoms with Gasteiger partial charge in [0.2, 0.25) is 5.91 Å². The van der Waals surface area contributed by atoms with Gasteiger partial charge in [-0.3, -0.25) is 19.8 Å². The van der Waals surface area contributed by atoms with Crippen LogP contribution >= 0.6 is 11.6 Å². The van der Waals surface area contributed by atoms with Crippen LogP contribution in [0.1, 0.15) is 12.5 Å². The van der Waals surface area contributed by atoms with Crippen molar-refractivity contribution in [2.45, 2.75) is 12.5 Å². The normalized spacial score (nSPS) is 20.2. The van der Waals surface area contributed by atoms with Crippen LogP contribution in [0.2, 0.25) is 5.02 Å². The predicted molar refractivity (Wildman–Crippen MR) is 81.6 cm³/mol. The number of carbonyl (C=O) groups is 4. The molecule has 1 fully saturated rings. The molecule has 0 aromatic heterocycles. The summed E-state index contributed by atoms with van der Waals surface area (Å²) in [6.45, 7) is 0.981. The van der Waals surface area contributed by atoms with Crippen LogP contribution in [0, 0.1) is 0 Å². The van der Waals surface area contributed by atoms with E-state index >= 15 is 0 Å². The van der Waals surface area contributed by atoms with Gasteiger partial charge in [0.15, 0.2) is 0 Å². The van der Waals surface area contributed by atoms with Crippen LogP contribution in [0.15, 0.2) is 24.3 Å². The fourth-order valence-electron chi connectivity index (χ4n) is 2.19. The van der Waals surface area contributed by atoms with E-state index in [9.17, 15) is 19.2 Å². The number of urea groups is 2. The van der Waals surface area contributed by atoms with Crippen molar-refractivity contribution in [3.63, 3.8) is 0 Å². The van der Waals surface area contributed by atoms with Gasteiger partial charge in [0.1, 0.15) is 12.1 Å². The summed E-state index contributed by atoms with van der Waals surface area (Å²) < 4.78 is 0. The van der Waals surface area contributed by atoms with Gasteiger partial charge in [0, 0.05) is 12.1 Å². The van der Waals surface area contributed by atoms with Crippen molar-refractivity contribution >= 4 is 35.5 Å². The molecular formula is C14H15ClN4O4. The number of hydrogen-bond donors (Lipinski definition) is 3. The summed E-state index contributed by atoms with van der Waals surface area (Å²) in [5, 5.41) is 7.24. The lowest BCUT2D eigenvalue weighted by atomic mass is 9.92. The highest BCUT2D eigenvalue weighted by Crippen LogP contribution is 2.29. The molecule has 0 unspecified atom stereocenters. The average molecular weight is 339 g/mol. The summed E-state index contributed by atoms with van der Waals surface area (Å²) in [5.41, 5.74) is -0.760. The summed E-state index contributed by atoms with van der Waals surface area (Å²) >= 11 is 5.82. The van der Waals surface area contributed by atoms with E-state index < -0.39 is 36.0 Å². The second-order valence-corrected chi connectivity index (χ2v) is 5.52. The fraction of sp³-hybridized carbons (Fsp3) is 0.286. The Hall–Kier alpha value is -2.61. The van der Waals surface area contributed by atoms with E-state index in [1.165, 1.54) is 14.0 Å². The molecule has 9 heteroatoms. The molecule has 3 N–H and O–H groups in total. The third-order valence-electron chi connectivity index (χ3n) is 3.48. The topological polar surface area (TPSA) is 108 Å². The third kappa shape index (κ3) is 3.26. The van der Waals surface area contributed by atoms with E-state index in [4.69, 9.17) is 11.6 Å². The van der Waals surface area contributed by atoms with Gasteiger partial charge in [-0.05, 0) is 24.6 Å². The Morgan fingerprint density at radius 1 is 1.26 bits per heavy atom. The highest BCUT2D eigenvalue weighted by molar-refractivity contribution is 6.30. The van der Waals surface area contributed by atoms with E-state index in [1.807, 2.05) is 5.32 Å². The lowest BCUT2D eigenvalue weighted by Crippen LogP contribution is -2.46. The molecule has 23 heavy (non-hydrogen) atoms. The van der Waals surface area contributed by atoms with E-state index in [2.05, 4.69) is 10.6 Å². The summed E-state index contributed by atoms with van der Waals surface area (Å²) in [6.07, 6.45) is 0. The molecule has 8 nitrogen and oxygen atoms in total. The van der Waals surface area contributed by atoms with Crippen LogP contribution in [0.25, 0.3) is 0 Å². The Balaban J connectivity index is 2.17. The molecule has 0 aliphatic carbocycles. The Labute approximate surface area is 137 Å². The third-order valence-corrected chi connectivity index (χ3v) is 3.73. The molecule has 0 spiro atoms. The zero-order valence-electron chi connectivity index (χ0n) is 12.5. The number of amides is 6. The van der Waals surface area contributed by atoms with Gasteiger partial charge in [0.05, 0.1) is 0 Å². The average Bonchev–Trinajstić information content (AvgIpc) is 2.72. The minimum absolute atomic E-state index is 0.496. The first kappa shape index (κ1) is 16.8. The highest BCUT2D eigenvalue weighted by atomic mass is 35.5. The zero-order valence-corrected chi connectivity index (χ0v) is 13.2. The minimum Gasteiger partial charge on any atom is -0.341 e. The Kier molecular flexibility index (Phi) is 4.55. The maximum Gasteiger partial charge on any atom is 0.325 e. The van der Waals surface area contributed by atoms with Gasteiger partial charge in [-0.2, -0.15) is 0 Å². The van der Waals surface area contributed by atoms with Crippen LogP contribution in [0.5, 0.6) is 0 Å². The SMILES string of the molecule is CNC(=O)NC(=O)CN1C(=O)N[C@](C)(c2ccc(Cl)cc2)C1=O. The lowest BCUT2D eigenvalue weighted by Gasteiger charge is -2.22. The molecule has 1 atom stereocenters. The van der Waals surface area contributed by atoms with Gasteiger partial charge < -0.3 is 10.6 Å². The summed E-state index contributed by atoms with van der Waals surface area (Å²) in [6, 6.07) is 5.01. The van der Waals surface area contributed by atoms with Crippen molar-refractivity contribution in [1.82, 2.24) is 20.9 Å². The van der Waals surface area contributed by atoms with Crippen molar-refractivity contribution < 1.29 is 19.2 Å². The number of rotatable bonds is 3. The van der Waals surface area contributed by atoms with Crippen LogP contribution in [0.3, 0.4) is 0 Å². The van der Waals surface area contributed by atoms with Crippen molar-refractivity contribution in [3.8, 4) is 0 Å². The summed E-state index contributed by atoms with van der Waals surface area (Å²) in [7, 11) is 1.34. The van der Waals surface area contributed by atoms with Crippen LogP contribution in [-0.4, -0.2) is 42.4 Å². The minimum atomic E-state index is -1.30. The molecule has 2 rings (SSSR count). The second-order valence-electron chi connectivity index (χ2n) is 5.08. The molecule has 6 amide bonds. The van der Waals surface area contributed by atoms with Gasteiger partial charge in [0.25, 0.3) is 5.91 Å². The van der Waals surface area contributed by atoms with Crippen molar-refractivity contribution in [3.05, 3.63) is 34.9 Å². The fourth-order valence-corrected chi connectivity index (χ4v) is 2.32. The second kappa shape index (κ2) is 6.25. The number of benzene rings is 1. The molecule has 1 aliphatic rings. The lowest BCUT2D eigenvalue weighted by molar-refractivity contribution is -0.134. The number of carbonyl (C=O) groups excluding carboxylic acids is 4. The van der Waals surface area contributed by atoms with Gasteiger partial charge in [-0.25, -0.2) is 9.59 Å². The first-order valence-corrected chi connectivity index (χ1v) is 7.07. The highest BCUT2D eigenvalue weighted by Gasteiger charge is 2.49. The predicted octanol–water partition coefficient (Wildman–Crippen LogP) is 0.563. The van der Waals surface area contributed by atoms with Crippen LogP contribution in [-0.2, 0) is 15.1 Å². The molecule has 122 valence electrons. The molecule has 1 heterocycles.